The molecule has 3 heterocycles. The van der Waals surface area contributed by atoms with Crippen molar-refractivity contribution in [1.29, 1.82) is 0 Å². The Labute approximate surface area is 188 Å². The van der Waals surface area contributed by atoms with E-state index in [2.05, 4.69) is 5.32 Å². The third-order valence-electron chi connectivity index (χ3n) is 7.08. The Bertz CT molecular complexity index is 840. The van der Waals surface area contributed by atoms with Gasteiger partial charge in [0, 0.05) is 38.8 Å². The van der Waals surface area contributed by atoms with Gasteiger partial charge in [-0.2, -0.15) is 0 Å². The number of amides is 3. The molecule has 0 unspecified atom stereocenters. The minimum Gasteiger partial charge on any atom is -0.354 e. The molecule has 3 amide bonds. The Hall–Kier alpha value is -2.48. The largest absolute Gasteiger partial charge is 0.354 e. The van der Waals surface area contributed by atoms with Gasteiger partial charge in [0.2, 0.25) is 17.7 Å². The van der Waals surface area contributed by atoms with Crippen molar-refractivity contribution in [3.8, 4) is 0 Å². The van der Waals surface area contributed by atoms with E-state index < -0.39 is 0 Å². The molecule has 3 saturated heterocycles. The van der Waals surface area contributed by atoms with Crippen molar-refractivity contribution in [3.63, 3.8) is 0 Å². The minimum absolute atomic E-state index is 0.00156. The minimum atomic E-state index is -0.326. The van der Waals surface area contributed by atoms with Gasteiger partial charge in [0.1, 0.15) is 5.82 Å². The van der Waals surface area contributed by atoms with Crippen molar-refractivity contribution in [3.05, 3.63) is 35.6 Å². The average molecular weight is 445 g/mol. The molecular weight excluding hydrogens is 411 g/mol. The molecule has 0 radical (unpaired) electrons. The van der Waals surface area contributed by atoms with Crippen LogP contribution in [-0.2, 0) is 20.8 Å². The van der Waals surface area contributed by atoms with E-state index in [1.807, 2.05) is 14.7 Å². The molecule has 3 fully saturated rings. The van der Waals surface area contributed by atoms with E-state index in [1.165, 1.54) is 6.07 Å². The van der Waals surface area contributed by atoms with Crippen molar-refractivity contribution in [2.75, 3.05) is 45.8 Å². The van der Waals surface area contributed by atoms with Gasteiger partial charge in [-0.25, -0.2) is 4.39 Å². The van der Waals surface area contributed by atoms with E-state index in [9.17, 15) is 18.8 Å². The third kappa shape index (κ3) is 5.46. The number of carbonyl (C=O) groups excluding carboxylic acids is 3. The summed E-state index contributed by atoms with van der Waals surface area (Å²) in [6, 6.07) is 6.66. The zero-order chi connectivity index (χ0) is 22.5. The fourth-order valence-electron chi connectivity index (χ4n) is 5.31. The van der Waals surface area contributed by atoms with Crippen LogP contribution in [0.3, 0.4) is 0 Å². The Morgan fingerprint density at radius 2 is 1.78 bits per heavy atom. The molecule has 8 heteroatoms. The standard InChI is InChI=1S/C24H33FN4O3/c25-20-6-2-1-5-19(20)15-23(31)29-11-4-3-7-21(29)18-8-12-28(13-9-18)24(32)17-27-14-10-26-22(30)16-27/h1-2,5-6,18,21H,3-4,7-17H2,(H,26,30)/t21-/m0/s1. The summed E-state index contributed by atoms with van der Waals surface area (Å²) in [6.07, 6.45) is 4.92. The first-order valence-electron chi connectivity index (χ1n) is 11.8. The lowest BCUT2D eigenvalue weighted by molar-refractivity contribution is -0.139. The number of halogens is 1. The maximum Gasteiger partial charge on any atom is 0.236 e. The highest BCUT2D eigenvalue weighted by Gasteiger charge is 2.36. The van der Waals surface area contributed by atoms with Crippen molar-refractivity contribution >= 4 is 17.7 Å². The highest BCUT2D eigenvalue weighted by Crippen LogP contribution is 2.31. The number of hydrogen-bond acceptors (Lipinski definition) is 4. The summed E-state index contributed by atoms with van der Waals surface area (Å²) in [5, 5.41) is 2.78. The number of carbonyl (C=O) groups is 3. The van der Waals surface area contributed by atoms with Crippen LogP contribution in [0.25, 0.3) is 0 Å². The molecular formula is C24H33FN4O3. The highest BCUT2D eigenvalue weighted by molar-refractivity contribution is 5.82. The van der Waals surface area contributed by atoms with Gasteiger partial charge in [0.05, 0.1) is 19.5 Å². The van der Waals surface area contributed by atoms with Crippen LogP contribution in [0.1, 0.15) is 37.7 Å². The highest BCUT2D eigenvalue weighted by atomic mass is 19.1. The molecule has 0 bridgehead atoms. The van der Waals surface area contributed by atoms with Gasteiger partial charge in [-0.05, 0) is 49.7 Å². The van der Waals surface area contributed by atoms with Gasteiger partial charge in [0.25, 0.3) is 0 Å². The van der Waals surface area contributed by atoms with E-state index in [0.29, 0.717) is 37.7 Å². The molecule has 7 nitrogen and oxygen atoms in total. The number of benzene rings is 1. The predicted molar refractivity (Wildman–Crippen MR) is 118 cm³/mol. The van der Waals surface area contributed by atoms with Crippen molar-refractivity contribution in [1.82, 2.24) is 20.0 Å². The number of nitrogens with zero attached hydrogens (tertiary/aromatic N) is 3. The Morgan fingerprint density at radius 3 is 2.53 bits per heavy atom. The predicted octanol–water partition coefficient (Wildman–Crippen LogP) is 1.42. The molecule has 0 spiro atoms. The summed E-state index contributed by atoms with van der Waals surface area (Å²) in [4.78, 5) is 43.1. The summed E-state index contributed by atoms with van der Waals surface area (Å²) in [5.74, 6) is 0.0910. The summed E-state index contributed by atoms with van der Waals surface area (Å²) in [5.41, 5.74) is 0.452. The number of likely N-dealkylation sites (tertiary alicyclic amines) is 2. The normalized spacial score (nSPS) is 23.2. The molecule has 4 rings (SSSR count). The first kappa shape index (κ1) is 22.7. The van der Waals surface area contributed by atoms with Crippen LogP contribution in [0.4, 0.5) is 4.39 Å². The first-order valence-corrected chi connectivity index (χ1v) is 11.8. The van der Waals surface area contributed by atoms with Crippen LogP contribution in [0.2, 0.25) is 0 Å². The van der Waals surface area contributed by atoms with Crippen LogP contribution >= 0.6 is 0 Å². The van der Waals surface area contributed by atoms with Crippen LogP contribution < -0.4 is 5.32 Å². The van der Waals surface area contributed by atoms with Gasteiger partial charge >= 0.3 is 0 Å². The second-order valence-corrected chi connectivity index (χ2v) is 9.20. The zero-order valence-corrected chi connectivity index (χ0v) is 18.6. The topological polar surface area (TPSA) is 73.0 Å². The quantitative estimate of drug-likeness (QED) is 0.746. The Balaban J connectivity index is 1.31. The van der Waals surface area contributed by atoms with Crippen molar-refractivity contribution < 1.29 is 18.8 Å². The third-order valence-corrected chi connectivity index (χ3v) is 7.08. The van der Waals surface area contributed by atoms with Crippen LogP contribution in [-0.4, -0.2) is 84.3 Å². The van der Waals surface area contributed by atoms with Crippen LogP contribution in [0, 0.1) is 11.7 Å². The van der Waals surface area contributed by atoms with Crippen molar-refractivity contribution in [2.24, 2.45) is 5.92 Å². The van der Waals surface area contributed by atoms with Gasteiger partial charge < -0.3 is 15.1 Å². The molecule has 0 saturated carbocycles. The van der Waals surface area contributed by atoms with E-state index in [1.54, 1.807) is 18.2 Å². The van der Waals surface area contributed by atoms with Crippen LogP contribution in [0.5, 0.6) is 0 Å². The number of hydrogen-bond donors (Lipinski definition) is 1. The average Bonchev–Trinajstić information content (AvgIpc) is 2.80. The summed E-state index contributed by atoms with van der Waals surface area (Å²) >= 11 is 0. The van der Waals surface area contributed by atoms with Gasteiger partial charge in [-0.1, -0.05) is 18.2 Å². The molecule has 1 aromatic rings. The second-order valence-electron chi connectivity index (χ2n) is 9.20. The first-order chi connectivity index (χ1) is 15.5. The maximum absolute atomic E-state index is 14.0. The van der Waals surface area contributed by atoms with E-state index in [4.69, 9.17) is 0 Å². The summed E-state index contributed by atoms with van der Waals surface area (Å²) < 4.78 is 14.0. The zero-order valence-electron chi connectivity index (χ0n) is 18.6. The molecule has 1 N–H and O–H groups in total. The number of piperidine rings is 2. The lowest BCUT2D eigenvalue weighted by atomic mass is 9.83. The fourth-order valence-corrected chi connectivity index (χ4v) is 5.31. The number of nitrogens with one attached hydrogen (secondary N) is 1. The van der Waals surface area contributed by atoms with Gasteiger partial charge in [-0.3, -0.25) is 19.3 Å². The number of rotatable bonds is 5. The Morgan fingerprint density at radius 1 is 1.00 bits per heavy atom. The van der Waals surface area contributed by atoms with Crippen LogP contribution in [0.15, 0.2) is 24.3 Å². The summed E-state index contributed by atoms with van der Waals surface area (Å²) in [6.45, 7) is 3.97. The molecule has 1 aromatic carbocycles. The molecule has 1 atom stereocenters. The van der Waals surface area contributed by atoms with E-state index in [0.717, 1.165) is 38.6 Å². The fraction of sp³-hybridized carbons (Fsp3) is 0.625. The molecule has 0 aliphatic carbocycles. The smallest absolute Gasteiger partial charge is 0.236 e. The van der Waals surface area contributed by atoms with E-state index >= 15 is 0 Å². The number of piperazine rings is 1. The SMILES string of the molecule is O=C1CN(CC(=O)N2CCC([C@@H]3CCCCN3C(=O)Cc3ccccc3F)CC2)CCN1. The Kier molecular flexibility index (Phi) is 7.40. The van der Waals surface area contributed by atoms with Gasteiger partial charge in [-0.15, -0.1) is 0 Å². The molecule has 32 heavy (non-hydrogen) atoms. The lowest BCUT2D eigenvalue weighted by Crippen LogP contribution is -2.54. The van der Waals surface area contributed by atoms with Crippen molar-refractivity contribution in [2.45, 2.75) is 44.6 Å². The molecule has 0 aromatic heterocycles. The molecule has 3 aliphatic rings. The lowest BCUT2D eigenvalue weighted by Gasteiger charge is -2.44. The maximum atomic E-state index is 14.0. The monoisotopic (exact) mass is 444 g/mol. The molecule has 3 aliphatic heterocycles. The van der Waals surface area contributed by atoms with E-state index in [-0.39, 0.29) is 49.1 Å². The van der Waals surface area contributed by atoms with Gasteiger partial charge in [0.15, 0.2) is 0 Å². The summed E-state index contributed by atoms with van der Waals surface area (Å²) in [7, 11) is 0. The molecule has 174 valence electrons. The second kappa shape index (κ2) is 10.4.